The van der Waals surface area contributed by atoms with Gasteiger partial charge in [-0.1, -0.05) is 6.07 Å². The van der Waals surface area contributed by atoms with Crippen molar-refractivity contribution in [2.24, 2.45) is 0 Å². The van der Waals surface area contributed by atoms with Gasteiger partial charge in [0.1, 0.15) is 5.82 Å². The van der Waals surface area contributed by atoms with E-state index >= 15 is 0 Å². The van der Waals surface area contributed by atoms with Crippen molar-refractivity contribution in [2.45, 2.75) is 6.92 Å². The van der Waals surface area contributed by atoms with Gasteiger partial charge in [-0.2, -0.15) is 4.98 Å². The van der Waals surface area contributed by atoms with Gasteiger partial charge in [0.2, 0.25) is 11.6 Å². The molecular weight excluding hydrogens is 321 g/mol. The van der Waals surface area contributed by atoms with Crippen molar-refractivity contribution in [1.29, 1.82) is 0 Å². The summed E-state index contributed by atoms with van der Waals surface area (Å²) in [6, 6.07) is 4.34. The van der Waals surface area contributed by atoms with Gasteiger partial charge in [0, 0.05) is 4.47 Å². The van der Waals surface area contributed by atoms with Gasteiger partial charge in [-0.3, -0.25) is 0 Å². The fraction of sp³-hybridized carbons (Fsp3) is 0.167. The first-order chi connectivity index (χ1) is 9.04. The highest BCUT2D eigenvalue weighted by molar-refractivity contribution is 9.10. The van der Waals surface area contributed by atoms with Crippen LogP contribution in [0.3, 0.4) is 0 Å². The lowest BCUT2D eigenvalue weighted by atomic mass is 10.2. The van der Waals surface area contributed by atoms with Gasteiger partial charge < -0.3 is 14.3 Å². The Labute approximate surface area is 116 Å². The Hall–Kier alpha value is -1.89. The maximum absolute atomic E-state index is 13.7. The molecule has 1 aromatic heterocycles. The highest BCUT2D eigenvalue weighted by Crippen LogP contribution is 2.34. The van der Waals surface area contributed by atoms with E-state index in [2.05, 4.69) is 20.9 Å². The first-order valence-corrected chi connectivity index (χ1v) is 6.15. The molecule has 0 spiro atoms. The number of carboxylic acid groups (broad SMARTS) is 1. The van der Waals surface area contributed by atoms with Crippen LogP contribution in [0.4, 0.5) is 4.39 Å². The molecule has 0 aliphatic rings. The Morgan fingerprint density at radius 2 is 2.32 bits per heavy atom. The molecule has 19 heavy (non-hydrogen) atoms. The van der Waals surface area contributed by atoms with E-state index in [9.17, 15) is 9.18 Å². The van der Waals surface area contributed by atoms with Crippen molar-refractivity contribution in [3.05, 3.63) is 34.2 Å². The highest BCUT2D eigenvalue weighted by Gasteiger charge is 2.24. The summed E-state index contributed by atoms with van der Waals surface area (Å²) in [6.07, 6.45) is 0. The number of oxazole rings is 1. The minimum absolute atomic E-state index is 0.0518. The number of hydrogen-bond acceptors (Lipinski definition) is 4. The van der Waals surface area contributed by atoms with E-state index < -0.39 is 11.8 Å². The minimum atomic E-state index is -1.30. The summed E-state index contributed by atoms with van der Waals surface area (Å²) in [5.41, 5.74) is -0.331. The van der Waals surface area contributed by atoms with E-state index in [-0.39, 0.29) is 29.7 Å². The fourth-order valence-corrected chi connectivity index (χ4v) is 1.99. The van der Waals surface area contributed by atoms with Crippen LogP contribution in [-0.2, 0) is 0 Å². The zero-order valence-electron chi connectivity index (χ0n) is 9.81. The molecule has 0 radical (unpaired) electrons. The third kappa shape index (κ3) is 2.60. The molecule has 0 atom stereocenters. The summed E-state index contributed by atoms with van der Waals surface area (Å²) in [5.74, 6) is -2.26. The van der Waals surface area contributed by atoms with Crippen LogP contribution >= 0.6 is 15.9 Å². The lowest BCUT2D eigenvalue weighted by molar-refractivity contribution is 0.0683. The first kappa shape index (κ1) is 13.5. The van der Waals surface area contributed by atoms with E-state index in [0.29, 0.717) is 4.47 Å². The minimum Gasteiger partial charge on any atom is -0.476 e. The SMILES string of the molecule is CCOc1oc(-c2c(F)cccc2Br)nc1C(=O)O. The maximum Gasteiger partial charge on any atom is 0.362 e. The number of nitrogens with zero attached hydrogens (tertiary/aromatic N) is 1. The Kier molecular flexibility index (Phi) is 3.84. The second-order valence-electron chi connectivity index (χ2n) is 3.49. The second-order valence-corrected chi connectivity index (χ2v) is 4.34. The van der Waals surface area contributed by atoms with Gasteiger partial charge in [-0.25, -0.2) is 9.18 Å². The van der Waals surface area contributed by atoms with Crippen LogP contribution in [0.25, 0.3) is 11.5 Å². The lowest BCUT2D eigenvalue weighted by Crippen LogP contribution is -2.01. The molecule has 2 aromatic rings. The quantitative estimate of drug-likeness (QED) is 0.931. The average Bonchev–Trinajstić information content (AvgIpc) is 2.73. The molecule has 0 aliphatic heterocycles. The fourth-order valence-electron chi connectivity index (χ4n) is 1.48. The molecule has 7 heteroatoms. The highest BCUT2D eigenvalue weighted by atomic mass is 79.9. The molecule has 0 amide bonds. The zero-order valence-corrected chi connectivity index (χ0v) is 11.4. The number of carbonyl (C=O) groups is 1. The van der Waals surface area contributed by atoms with Crippen molar-refractivity contribution < 1.29 is 23.4 Å². The first-order valence-electron chi connectivity index (χ1n) is 5.36. The van der Waals surface area contributed by atoms with Crippen molar-refractivity contribution >= 4 is 21.9 Å². The molecule has 0 fully saturated rings. The van der Waals surface area contributed by atoms with Gasteiger partial charge in [0.25, 0.3) is 0 Å². The van der Waals surface area contributed by atoms with E-state index in [0.717, 1.165) is 0 Å². The summed E-state index contributed by atoms with van der Waals surface area (Å²) in [6.45, 7) is 1.89. The number of aromatic carboxylic acids is 1. The normalized spacial score (nSPS) is 10.5. The van der Waals surface area contributed by atoms with Gasteiger partial charge in [-0.05, 0) is 35.0 Å². The second kappa shape index (κ2) is 5.40. The largest absolute Gasteiger partial charge is 0.476 e. The molecule has 1 N–H and O–H groups in total. The molecule has 0 saturated carbocycles. The summed E-state index contributed by atoms with van der Waals surface area (Å²) in [5, 5.41) is 8.98. The number of halogens is 2. The van der Waals surface area contributed by atoms with Crippen LogP contribution in [0.2, 0.25) is 0 Å². The van der Waals surface area contributed by atoms with Crippen LogP contribution in [0.1, 0.15) is 17.4 Å². The van der Waals surface area contributed by atoms with Crippen molar-refractivity contribution in [3.8, 4) is 17.4 Å². The summed E-state index contributed by atoms with van der Waals surface area (Å²) in [4.78, 5) is 14.8. The van der Waals surface area contributed by atoms with Crippen molar-refractivity contribution in [3.63, 3.8) is 0 Å². The van der Waals surface area contributed by atoms with Gasteiger partial charge in [0.15, 0.2) is 0 Å². The Balaban J connectivity index is 2.57. The monoisotopic (exact) mass is 329 g/mol. The van der Waals surface area contributed by atoms with E-state index in [1.165, 1.54) is 12.1 Å². The van der Waals surface area contributed by atoms with Crippen molar-refractivity contribution in [2.75, 3.05) is 6.61 Å². The van der Waals surface area contributed by atoms with Crippen LogP contribution in [-0.4, -0.2) is 22.7 Å². The molecule has 100 valence electrons. The third-order valence-electron chi connectivity index (χ3n) is 2.25. The molecule has 0 aliphatic carbocycles. The number of rotatable bonds is 4. The Morgan fingerprint density at radius 3 is 2.89 bits per heavy atom. The van der Waals surface area contributed by atoms with Crippen LogP contribution < -0.4 is 4.74 Å². The summed E-state index contributed by atoms with van der Waals surface area (Å²) >= 11 is 3.17. The van der Waals surface area contributed by atoms with E-state index in [1.807, 2.05) is 0 Å². The molecular formula is C12H9BrFNO4. The van der Waals surface area contributed by atoms with Crippen molar-refractivity contribution in [1.82, 2.24) is 4.98 Å². The van der Waals surface area contributed by atoms with Crippen LogP contribution in [0.5, 0.6) is 5.95 Å². The smallest absolute Gasteiger partial charge is 0.362 e. The maximum atomic E-state index is 13.7. The Bertz CT molecular complexity index is 606. The number of benzene rings is 1. The van der Waals surface area contributed by atoms with Crippen LogP contribution in [0, 0.1) is 5.82 Å². The predicted molar refractivity (Wildman–Crippen MR) is 67.7 cm³/mol. The molecule has 0 unspecified atom stereocenters. The topological polar surface area (TPSA) is 72.6 Å². The summed E-state index contributed by atoms with van der Waals surface area (Å²) < 4.78 is 24.4. The Morgan fingerprint density at radius 1 is 1.58 bits per heavy atom. The standard InChI is InChI=1S/C12H9BrFNO4/c1-2-18-12-9(11(16)17)15-10(19-12)8-6(13)4-3-5-7(8)14/h3-5H,2H2,1H3,(H,16,17). The van der Waals surface area contributed by atoms with E-state index in [4.69, 9.17) is 14.3 Å². The molecule has 1 aromatic carbocycles. The zero-order chi connectivity index (χ0) is 14.0. The molecule has 0 saturated heterocycles. The average molecular weight is 330 g/mol. The predicted octanol–water partition coefficient (Wildman–Crippen LogP) is 3.34. The third-order valence-corrected chi connectivity index (χ3v) is 2.91. The molecule has 5 nitrogen and oxygen atoms in total. The molecule has 2 rings (SSSR count). The molecule has 1 heterocycles. The number of aromatic nitrogens is 1. The summed E-state index contributed by atoms with van der Waals surface area (Å²) in [7, 11) is 0. The van der Waals surface area contributed by atoms with E-state index in [1.54, 1.807) is 13.0 Å². The van der Waals surface area contributed by atoms with Gasteiger partial charge >= 0.3 is 11.9 Å². The number of ether oxygens (including phenoxy) is 1. The van der Waals surface area contributed by atoms with Gasteiger partial charge in [-0.15, -0.1) is 0 Å². The van der Waals surface area contributed by atoms with Gasteiger partial charge in [0.05, 0.1) is 12.2 Å². The number of hydrogen-bond donors (Lipinski definition) is 1. The van der Waals surface area contributed by atoms with Crippen LogP contribution in [0.15, 0.2) is 27.1 Å². The lowest BCUT2D eigenvalue weighted by Gasteiger charge is -2.00. The molecule has 0 bridgehead atoms. The number of carboxylic acids is 1.